The van der Waals surface area contributed by atoms with Crippen LogP contribution in [0, 0.1) is 11.6 Å². The van der Waals surface area contributed by atoms with Gasteiger partial charge in [-0.25, -0.2) is 8.78 Å². The molecule has 170 valence electrons. The largest absolute Gasteiger partial charge is 0.592 e. The lowest BCUT2D eigenvalue weighted by molar-refractivity contribution is 0.0951. The Morgan fingerprint density at radius 2 is 1.79 bits per heavy atom. The normalized spacial score (nSPS) is 17.6. The molecular formula is C24H19ClF2N2O3S. The topological polar surface area (TPSA) is 72.5 Å². The SMILES string of the molecule is CN1c2ccc(C(=O)NCc3ccc(F)cc3)cc2C(=O)C(Cc2ccc(Cl)c(F)c2)[S+]1[O-]. The molecule has 9 heteroatoms. The van der Waals surface area contributed by atoms with Gasteiger partial charge in [0.2, 0.25) is 11.0 Å². The lowest BCUT2D eigenvalue weighted by Crippen LogP contribution is -2.47. The van der Waals surface area contributed by atoms with E-state index in [0.29, 0.717) is 11.3 Å². The third-order valence-corrected chi connectivity index (χ3v) is 7.35. The number of benzene rings is 3. The zero-order chi connectivity index (χ0) is 23.7. The molecule has 1 aliphatic rings. The fraction of sp³-hybridized carbons (Fsp3) is 0.167. The van der Waals surface area contributed by atoms with E-state index >= 15 is 0 Å². The van der Waals surface area contributed by atoms with Crippen molar-refractivity contribution >= 4 is 40.3 Å². The highest BCUT2D eigenvalue weighted by Gasteiger charge is 2.42. The molecule has 0 saturated carbocycles. The Balaban J connectivity index is 1.55. The molecule has 3 aromatic carbocycles. The zero-order valence-electron chi connectivity index (χ0n) is 17.5. The third kappa shape index (κ3) is 4.88. The molecule has 0 saturated heterocycles. The van der Waals surface area contributed by atoms with Crippen molar-refractivity contribution in [2.24, 2.45) is 0 Å². The Kier molecular flexibility index (Phi) is 6.69. The molecule has 0 aromatic heterocycles. The van der Waals surface area contributed by atoms with Crippen LogP contribution in [0.2, 0.25) is 5.02 Å². The molecule has 1 aliphatic heterocycles. The van der Waals surface area contributed by atoms with Gasteiger partial charge in [0.25, 0.3) is 5.91 Å². The second kappa shape index (κ2) is 9.51. The zero-order valence-corrected chi connectivity index (χ0v) is 19.1. The Labute approximate surface area is 197 Å². The molecular weight excluding hydrogens is 470 g/mol. The number of fused-ring (bicyclic) bond motifs is 1. The highest BCUT2D eigenvalue weighted by Crippen LogP contribution is 2.34. The number of halogens is 3. The van der Waals surface area contributed by atoms with Crippen LogP contribution in [-0.2, 0) is 24.3 Å². The lowest BCUT2D eigenvalue weighted by atomic mass is 9.98. The first-order chi connectivity index (χ1) is 15.7. The number of rotatable bonds is 5. The van der Waals surface area contributed by atoms with Gasteiger partial charge in [-0.05, 0) is 53.6 Å². The maximum atomic E-state index is 13.8. The molecule has 33 heavy (non-hydrogen) atoms. The summed E-state index contributed by atoms with van der Waals surface area (Å²) in [6.07, 6.45) is 0.0598. The molecule has 2 atom stereocenters. The summed E-state index contributed by atoms with van der Waals surface area (Å²) in [5.74, 6) is -1.77. The van der Waals surface area contributed by atoms with Crippen molar-refractivity contribution in [3.63, 3.8) is 0 Å². The number of hydrogen-bond donors (Lipinski definition) is 1. The standard InChI is InChI=1S/C24H19ClF2N2O3S/c1-29-21-9-5-16(24(31)28-13-14-2-6-17(26)7-3-14)12-18(21)23(30)22(33(29)32)11-15-4-8-19(25)20(27)10-15/h2-10,12,22H,11,13H2,1H3,(H,28,31). The van der Waals surface area contributed by atoms with E-state index in [9.17, 15) is 22.9 Å². The number of ketones is 1. The van der Waals surface area contributed by atoms with Crippen molar-refractivity contribution in [3.05, 3.63) is 99.6 Å². The van der Waals surface area contributed by atoms with Gasteiger partial charge >= 0.3 is 0 Å². The number of Topliss-reactive ketones (excluding diaryl/α,β-unsaturated/α-hetero) is 1. The highest BCUT2D eigenvalue weighted by molar-refractivity contribution is 7.94. The van der Waals surface area contributed by atoms with Gasteiger partial charge in [0.15, 0.2) is 0 Å². The number of carbonyl (C=O) groups is 2. The number of carbonyl (C=O) groups excluding carboxylic acids is 2. The van der Waals surface area contributed by atoms with Gasteiger partial charge in [-0.1, -0.05) is 29.8 Å². The van der Waals surface area contributed by atoms with E-state index in [1.54, 1.807) is 37.4 Å². The van der Waals surface area contributed by atoms with Crippen LogP contribution >= 0.6 is 11.6 Å². The van der Waals surface area contributed by atoms with Crippen molar-refractivity contribution in [1.82, 2.24) is 5.32 Å². The van der Waals surface area contributed by atoms with Crippen molar-refractivity contribution in [3.8, 4) is 0 Å². The van der Waals surface area contributed by atoms with E-state index < -0.39 is 28.3 Å². The van der Waals surface area contributed by atoms with Gasteiger partial charge in [-0.15, -0.1) is 0 Å². The van der Waals surface area contributed by atoms with Gasteiger partial charge in [0, 0.05) is 18.5 Å². The van der Waals surface area contributed by atoms with Crippen LogP contribution in [0.25, 0.3) is 0 Å². The summed E-state index contributed by atoms with van der Waals surface area (Å²) in [6.45, 7) is 0.193. The average Bonchev–Trinajstić information content (AvgIpc) is 2.81. The molecule has 0 radical (unpaired) electrons. The van der Waals surface area contributed by atoms with Crippen molar-refractivity contribution in [2.45, 2.75) is 18.2 Å². The molecule has 1 heterocycles. The smallest absolute Gasteiger partial charge is 0.251 e. The predicted octanol–water partition coefficient (Wildman–Crippen LogP) is 4.46. The van der Waals surface area contributed by atoms with E-state index in [2.05, 4.69) is 5.32 Å². The minimum Gasteiger partial charge on any atom is -0.592 e. The van der Waals surface area contributed by atoms with Gasteiger partial charge in [0.1, 0.15) is 11.6 Å². The van der Waals surface area contributed by atoms with Crippen LogP contribution in [-0.4, -0.2) is 28.5 Å². The van der Waals surface area contributed by atoms with Crippen LogP contribution < -0.4 is 9.62 Å². The number of hydrogen-bond acceptors (Lipinski definition) is 4. The minimum atomic E-state index is -1.68. The van der Waals surface area contributed by atoms with Gasteiger partial charge in [0.05, 0.1) is 34.7 Å². The second-order valence-electron chi connectivity index (χ2n) is 7.62. The summed E-state index contributed by atoms with van der Waals surface area (Å²) >= 11 is 4.05. The summed E-state index contributed by atoms with van der Waals surface area (Å²) in [4.78, 5) is 25.8. The predicted molar refractivity (Wildman–Crippen MR) is 124 cm³/mol. The van der Waals surface area contributed by atoms with Crippen LogP contribution in [0.3, 0.4) is 0 Å². The Hall–Kier alpha value is -2.94. The van der Waals surface area contributed by atoms with Crippen molar-refractivity contribution < 1.29 is 22.9 Å². The molecule has 2 unspecified atom stereocenters. The van der Waals surface area contributed by atoms with E-state index in [0.717, 1.165) is 5.56 Å². The van der Waals surface area contributed by atoms with Crippen molar-refractivity contribution in [2.75, 3.05) is 11.4 Å². The maximum Gasteiger partial charge on any atom is 0.251 e. The monoisotopic (exact) mass is 488 g/mol. The molecule has 0 aliphatic carbocycles. The van der Waals surface area contributed by atoms with Gasteiger partial charge in [-0.2, -0.15) is 4.31 Å². The van der Waals surface area contributed by atoms with Crippen LogP contribution in [0.4, 0.5) is 14.5 Å². The highest BCUT2D eigenvalue weighted by atomic mass is 35.5. The first kappa shape index (κ1) is 23.2. The molecule has 0 bridgehead atoms. The Bertz CT molecular complexity index is 1220. The maximum absolute atomic E-state index is 13.8. The van der Waals surface area contributed by atoms with E-state index in [4.69, 9.17) is 11.6 Å². The van der Waals surface area contributed by atoms with E-state index in [-0.39, 0.29) is 40.7 Å². The van der Waals surface area contributed by atoms with Crippen LogP contribution in [0.1, 0.15) is 31.8 Å². The molecule has 1 amide bonds. The third-order valence-electron chi connectivity index (χ3n) is 5.44. The summed E-state index contributed by atoms with van der Waals surface area (Å²) < 4.78 is 41.3. The average molecular weight is 489 g/mol. The molecule has 5 nitrogen and oxygen atoms in total. The quantitative estimate of drug-likeness (QED) is 0.538. The molecule has 4 rings (SSSR count). The first-order valence-corrected chi connectivity index (χ1v) is 11.6. The molecule has 0 fully saturated rings. The molecule has 3 aromatic rings. The van der Waals surface area contributed by atoms with Crippen LogP contribution in [0.15, 0.2) is 60.7 Å². The fourth-order valence-electron chi connectivity index (χ4n) is 3.63. The number of nitrogens with zero attached hydrogens (tertiary/aromatic N) is 1. The summed E-state index contributed by atoms with van der Waals surface area (Å²) in [5.41, 5.74) is 2.21. The first-order valence-electron chi connectivity index (χ1n) is 10.0. The van der Waals surface area contributed by atoms with Crippen LogP contribution in [0.5, 0.6) is 0 Å². The number of anilines is 1. The Morgan fingerprint density at radius 1 is 1.09 bits per heavy atom. The minimum absolute atomic E-state index is 0.0337. The van der Waals surface area contributed by atoms with E-state index in [1.165, 1.54) is 34.6 Å². The molecule has 0 spiro atoms. The number of nitrogens with one attached hydrogen (secondary N) is 1. The summed E-state index contributed by atoms with van der Waals surface area (Å²) in [7, 11) is 1.60. The lowest BCUT2D eigenvalue weighted by Gasteiger charge is -2.33. The van der Waals surface area contributed by atoms with Gasteiger partial charge < -0.3 is 9.87 Å². The summed E-state index contributed by atoms with van der Waals surface area (Å²) in [6, 6.07) is 14.6. The molecule has 1 N–H and O–H groups in total. The summed E-state index contributed by atoms with van der Waals surface area (Å²) in [5, 5.41) is 1.77. The van der Waals surface area contributed by atoms with Gasteiger partial charge in [-0.3, -0.25) is 9.59 Å². The number of amides is 1. The fourth-order valence-corrected chi connectivity index (χ4v) is 5.13. The second-order valence-corrected chi connectivity index (χ2v) is 9.70. The Morgan fingerprint density at radius 3 is 2.48 bits per heavy atom. The van der Waals surface area contributed by atoms with Crippen molar-refractivity contribution in [1.29, 1.82) is 0 Å². The van der Waals surface area contributed by atoms with E-state index in [1.807, 2.05) is 0 Å².